The fourth-order valence-electron chi connectivity index (χ4n) is 1.71. The van der Waals surface area contributed by atoms with Crippen molar-refractivity contribution in [3.63, 3.8) is 0 Å². The molecule has 0 unspecified atom stereocenters. The molecule has 0 spiro atoms. The Balaban J connectivity index is 2.46. The van der Waals surface area contributed by atoms with Crippen LogP contribution in [0.2, 0.25) is 5.02 Å². The Morgan fingerprint density at radius 2 is 2.11 bits per heavy atom. The van der Waals surface area contributed by atoms with E-state index in [9.17, 15) is 5.11 Å². The second-order valence-electron chi connectivity index (χ2n) is 5.25. The lowest BCUT2D eigenvalue weighted by atomic mass is 9.89. The Hall–Kier alpha value is -0.770. The summed E-state index contributed by atoms with van der Waals surface area (Å²) in [6, 6.07) is 5.18. The molecule has 0 aliphatic carbocycles. The number of methoxy groups -OCH3 is 1. The van der Waals surface area contributed by atoms with Crippen molar-refractivity contribution in [3.05, 3.63) is 28.8 Å². The third-order valence-corrected chi connectivity index (χ3v) is 3.34. The van der Waals surface area contributed by atoms with Gasteiger partial charge in [0, 0.05) is 37.4 Å². The predicted octanol–water partition coefficient (Wildman–Crippen LogP) is 3.20. The Kier molecular flexibility index (Phi) is 5.93. The topological polar surface area (TPSA) is 41.5 Å². The van der Waals surface area contributed by atoms with Crippen molar-refractivity contribution in [2.24, 2.45) is 5.41 Å². The fourth-order valence-corrected chi connectivity index (χ4v) is 1.95. The van der Waals surface area contributed by atoms with Gasteiger partial charge in [0.2, 0.25) is 0 Å². The summed E-state index contributed by atoms with van der Waals surface area (Å²) >= 11 is 6.04. The van der Waals surface area contributed by atoms with Gasteiger partial charge in [-0.1, -0.05) is 31.5 Å². The summed E-state index contributed by atoms with van der Waals surface area (Å²) in [5, 5.41) is 13.6. The van der Waals surface area contributed by atoms with E-state index in [1.165, 1.54) is 0 Å². The number of nitrogens with one attached hydrogen (secondary N) is 1. The number of ether oxygens (including phenoxy) is 1. The normalized spacial score (nSPS) is 11.8. The lowest BCUT2D eigenvalue weighted by molar-refractivity contribution is 0.150. The van der Waals surface area contributed by atoms with Crippen molar-refractivity contribution < 1.29 is 9.84 Å². The van der Waals surface area contributed by atoms with Gasteiger partial charge in [0.25, 0.3) is 0 Å². The Morgan fingerprint density at radius 1 is 1.39 bits per heavy atom. The first-order valence-corrected chi connectivity index (χ1v) is 6.50. The fraction of sp³-hybridized carbons (Fsp3) is 0.571. The molecule has 0 radical (unpaired) electrons. The van der Waals surface area contributed by atoms with E-state index in [0.717, 1.165) is 25.1 Å². The summed E-state index contributed by atoms with van der Waals surface area (Å²) in [5.74, 6) is 0.240. The molecule has 0 aliphatic heterocycles. The SMILES string of the molecule is COCCC(C)(C)CNCc1c(O)cccc1Cl. The van der Waals surface area contributed by atoms with Gasteiger partial charge in [-0.15, -0.1) is 0 Å². The zero-order chi connectivity index (χ0) is 13.6. The molecular formula is C14H22ClNO2. The molecule has 0 aromatic heterocycles. The van der Waals surface area contributed by atoms with Crippen LogP contribution in [0.3, 0.4) is 0 Å². The molecule has 0 atom stereocenters. The molecule has 4 heteroatoms. The molecular weight excluding hydrogens is 250 g/mol. The predicted molar refractivity (Wildman–Crippen MR) is 75.1 cm³/mol. The highest BCUT2D eigenvalue weighted by Crippen LogP contribution is 2.25. The highest BCUT2D eigenvalue weighted by atomic mass is 35.5. The second kappa shape index (κ2) is 6.98. The number of phenols is 1. The van der Waals surface area contributed by atoms with Crippen molar-refractivity contribution in [1.29, 1.82) is 0 Å². The summed E-state index contributed by atoms with van der Waals surface area (Å²) in [6.07, 6.45) is 0.991. The average Bonchev–Trinajstić information content (AvgIpc) is 2.30. The number of rotatable bonds is 7. The molecule has 3 nitrogen and oxygen atoms in total. The minimum atomic E-state index is 0.160. The van der Waals surface area contributed by atoms with E-state index >= 15 is 0 Å². The van der Waals surface area contributed by atoms with Gasteiger partial charge < -0.3 is 15.2 Å². The number of halogens is 1. The van der Waals surface area contributed by atoms with E-state index in [-0.39, 0.29) is 11.2 Å². The first-order chi connectivity index (χ1) is 8.46. The van der Waals surface area contributed by atoms with Gasteiger partial charge >= 0.3 is 0 Å². The van der Waals surface area contributed by atoms with Crippen molar-refractivity contribution in [1.82, 2.24) is 5.32 Å². The van der Waals surface area contributed by atoms with E-state index in [1.54, 1.807) is 25.3 Å². The monoisotopic (exact) mass is 271 g/mol. The number of benzene rings is 1. The van der Waals surface area contributed by atoms with Gasteiger partial charge in [-0.2, -0.15) is 0 Å². The number of phenolic OH excluding ortho intramolecular Hbond substituents is 1. The summed E-state index contributed by atoms with van der Waals surface area (Å²) in [7, 11) is 1.71. The Morgan fingerprint density at radius 3 is 2.72 bits per heavy atom. The van der Waals surface area contributed by atoms with Crippen molar-refractivity contribution >= 4 is 11.6 Å². The molecule has 0 bridgehead atoms. The van der Waals surface area contributed by atoms with Crippen LogP contribution in [0.15, 0.2) is 18.2 Å². The standard InChI is InChI=1S/C14H22ClNO2/c1-14(2,7-8-18-3)10-16-9-11-12(15)5-4-6-13(11)17/h4-6,16-17H,7-10H2,1-3H3. The molecule has 0 aliphatic rings. The third kappa shape index (κ3) is 4.84. The minimum absolute atomic E-state index is 0.160. The van der Waals surface area contributed by atoms with Crippen LogP contribution in [0, 0.1) is 5.41 Å². The van der Waals surface area contributed by atoms with Crippen LogP contribution in [-0.2, 0) is 11.3 Å². The van der Waals surface area contributed by atoms with Gasteiger partial charge in [-0.3, -0.25) is 0 Å². The lowest BCUT2D eigenvalue weighted by Crippen LogP contribution is -2.30. The van der Waals surface area contributed by atoms with Gasteiger partial charge in [-0.25, -0.2) is 0 Å². The zero-order valence-electron chi connectivity index (χ0n) is 11.3. The van der Waals surface area contributed by atoms with Crippen molar-refractivity contribution in [2.75, 3.05) is 20.3 Å². The maximum Gasteiger partial charge on any atom is 0.121 e. The first kappa shape index (κ1) is 15.3. The summed E-state index contributed by atoms with van der Waals surface area (Å²) < 4.78 is 5.09. The number of aromatic hydroxyl groups is 1. The minimum Gasteiger partial charge on any atom is -0.508 e. The quantitative estimate of drug-likeness (QED) is 0.800. The summed E-state index contributed by atoms with van der Waals surface area (Å²) in [5.41, 5.74) is 0.911. The molecule has 0 saturated carbocycles. The van der Waals surface area contributed by atoms with Crippen molar-refractivity contribution in [2.45, 2.75) is 26.8 Å². The van der Waals surface area contributed by atoms with Gasteiger partial charge in [0.1, 0.15) is 5.75 Å². The summed E-state index contributed by atoms with van der Waals surface area (Å²) in [6.45, 7) is 6.55. The molecule has 1 aromatic carbocycles. The highest BCUT2D eigenvalue weighted by molar-refractivity contribution is 6.31. The second-order valence-corrected chi connectivity index (χ2v) is 5.66. The zero-order valence-corrected chi connectivity index (χ0v) is 12.0. The van der Waals surface area contributed by atoms with Crippen LogP contribution >= 0.6 is 11.6 Å². The molecule has 1 rings (SSSR count). The molecule has 0 amide bonds. The smallest absolute Gasteiger partial charge is 0.121 e. The third-order valence-electron chi connectivity index (χ3n) is 2.98. The molecule has 2 N–H and O–H groups in total. The van der Waals surface area contributed by atoms with Crippen LogP contribution in [0.5, 0.6) is 5.75 Å². The first-order valence-electron chi connectivity index (χ1n) is 6.12. The van der Waals surface area contributed by atoms with Gasteiger partial charge in [-0.05, 0) is 24.0 Å². The molecule has 0 heterocycles. The molecule has 0 saturated heterocycles. The molecule has 18 heavy (non-hydrogen) atoms. The van der Waals surface area contributed by atoms with Crippen LogP contribution < -0.4 is 5.32 Å². The van der Waals surface area contributed by atoms with E-state index < -0.39 is 0 Å². The van der Waals surface area contributed by atoms with E-state index in [0.29, 0.717) is 11.6 Å². The van der Waals surface area contributed by atoms with Crippen LogP contribution in [0.4, 0.5) is 0 Å². The maximum atomic E-state index is 9.72. The van der Waals surface area contributed by atoms with Crippen LogP contribution in [0.25, 0.3) is 0 Å². The van der Waals surface area contributed by atoms with E-state index in [1.807, 2.05) is 0 Å². The Bertz CT molecular complexity index is 360. The van der Waals surface area contributed by atoms with Crippen LogP contribution in [-0.4, -0.2) is 25.4 Å². The lowest BCUT2D eigenvalue weighted by Gasteiger charge is -2.24. The van der Waals surface area contributed by atoms with E-state index in [2.05, 4.69) is 19.2 Å². The largest absolute Gasteiger partial charge is 0.508 e. The van der Waals surface area contributed by atoms with E-state index in [4.69, 9.17) is 16.3 Å². The van der Waals surface area contributed by atoms with Gasteiger partial charge in [0.05, 0.1) is 0 Å². The maximum absolute atomic E-state index is 9.72. The van der Waals surface area contributed by atoms with Crippen LogP contribution in [0.1, 0.15) is 25.8 Å². The van der Waals surface area contributed by atoms with Crippen molar-refractivity contribution in [3.8, 4) is 5.75 Å². The van der Waals surface area contributed by atoms with Gasteiger partial charge in [0.15, 0.2) is 0 Å². The highest BCUT2D eigenvalue weighted by Gasteiger charge is 2.17. The Labute approximate surface area is 114 Å². The average molecular weight is 272 g/mol. The molecule has 102 valence electrons. The molecule has 1 aromatic rings. The number of hydrogen-bond donors (Lipinski definition) is 2. The molecule has 0 fully saturated rings. The number of hydrogen-bond acceptors (Lipinski definition) is 3. The summed E-state index contributed by atoms with van der Waals surface area (Å²) in [4.78, 5) is 0.